The van der Waals surface area contributed by atoms with Crippen molar-refractivity contribution in [3.63, 3.8) is 0 Å². The fourth-order valence-corrected chi connectivity index (χ4v) is 2.12. The molecule has 1 heterocycles. The van der Waals surface area contributed by atoms with E-state index in [1.54, 1.807) is 32.3 Å². The monoisotopic (exact) mass is 350 g/mol. The fourth-order valence-electron chi connectivity index (χ4n) is 2.12. The number of methoxy groups -OCH3 is 1. The highest BCUT2D eigenvalue weighted by Crippen LogP contribution is 2.16. The van der Waals surface area contributed by atoms with Gasteiger partial charge in [-0.05, 0) is 26.3 Å². The van der Waals surface area contributed by atoms with Gasteiger partial charge >= 0.3 is 12.2 Å². The normalized spacial score (nSPS) is 12.8. The number of H-pyrrole nitrogens is 1. The molecule has 1 aromatic rings. The minimum absolute atomic E-state index is 0.00567. The van der Waals surface area contributed by atoms with E-state index in [9.17, 15) is 14.4 Å². The Morgan fingerprint density at radius 1 is 1.40 bits per heavy atom. The van der Waals surface area contributed by atoms with Crippen molar-refractivity contribution >= 4 is 23.9 Å². The van der Waals surface area contributed by atoms with E-state index in [-0.39, 0.29) is 18.9 Å². The van der Waals surface area contributed by atoms with Crippen molar-refractivity contribution in [3.05, 3.63) is 29.6 Å². The van der Waals surface area contributed by atoms with Crippen molar-refractivity contribution in [2.75, 3.05) is 7.11 Å². The number of carbonyl (C=O) groups is 3. The second-order valence-electron chi connectivity index (χ2n) is 5.56. The molecule has 9 heteroatoms. The second kappa shape index (κ2) is 10.2. The number of hydrogen-bond acceptors (Lipinski definition) is 5. The van der Waals surface area contributed by atoms with Crippen LogP contribution in [-0.2, 0) is 23.9 Å². The summed E-state index contributed by atoms with van der Waals surface area (Å²) in [5, 5.41) is 2.55. The van der Waals surface area contributed by atoms with Gasteiger partial charge in [0.1, 0.15) is 6.04 Å². The van der Waals surface area contributed by atoms with Crippen LogP contribution in [0.5, 0.6) is 0 Å². The summed E-state index contributed by atoms with van der Waals surface area (Å²) in [6, 6.07) is 0.652. The summed E-state index contributed by atoms with van der Waals surface area (Å²) in [7, 11) is 1.37. The number of aromatic nitrogens is 1. The molecule has 0 aliphatic carbocycles. The van der Waals surface area contributed by atoms with Crippen molar-refractivity contribution in [3.8, 4) is 0 Å². The third-order valence-electron chi connectivity index (χ3n) is 3.23. The van der Waals surface area contributed by atoms with Crippen LogP contribution in [0, 0.1) is 0 Å². The molecule has 0 unspecified atom stereocenters. The molecular weight excluding hydrogens is 328 g/mol. The molecule has 136 valence electrons. The van der Waals surface area contributed by atoms with Crippen LogP contribution < -0.4 is 5.32 Å². The van der Waals surface area contributed by atoms with Crippen molar-refractivity contribution in [1.29, 1.82) is 0 Å². The number of Topliss-reactive ketones (excluding diaryl/α,β-unsaturated/α-hetero) is 1. The molecule has 0 bridgehead atoms. The first kappa shape index (κ1) is 20.3. The largest absolute Gasteiger partial charge is 0.461 e. The fraction of sp³-hybridized carbons (Fsp3) is 0.500. The van der Waals surface area contributed by atoms with Crippen molar-refractivity contribution in [1.82, 2.24) is 10.3 Å². The summed E-state index contributed by atoms with van der Waals surface area (Å²) in [5.41, 5.74) is 8.95. The van der Waals surface area contributed by atoms with E-state index in [4.69, 9.17) is 15.0 Å². The summed E-state index contributed by atoms with van der Waals surface area (Å²) < 4.78 is 10.3. The Morgan fingerprint density at radius 2 is 2.12 bits per heavy atom. The molecule has 0 fully saturated rings. The van der Waals surface area contributed by atoms with E-state index < -0.39 is 29.8 Å². The first-order valence-electron chi connectivity index (χ1n) is 7.75. The number of nitrogens with zero attached hydrogens (tertiary/aromatic N) is 2. The molecule has 1 rings (SSSR count). The van der Waals surface area contributed by atoms with Crippen LogP contribution in [0.3, 0.4) is 0 Å². The topological polar surface area (TPSA) is 134 Å². The van der Waals surface area contributed by atoms with Gasteiger partial charge in [0.15, 0.2) is 6.10 Å². The molecule has 0 radical (unpaired) electrons. The Bertz CT molecular complexity index is 635. The average molecular weight is 350 g/mol. The first-order valence-corrected chi connectivity index (χ1v) is 7.75. The molecule has 1 amide bonds. The lowest BCUT2D eigenvalue weighted by Gasteiger charge is -2.21. The van der Waals surface area contributed by atoms with Gasteiger partial charge < -0.3 is 25.3 Å². The predicted molar refractivity (Wildman–Crippen MR) is 87.6 cm³/mol. The quantitative estimate of drug-likeness (QED) is 0.278. The lowest BCUT2D eigenvalue weighted by atomic mass is 10.1. The number of ether oxygens (including phenoxy) is 2. The molecule has 1 aromatic heterocycles. The molecule has 0 spiro atoms. The zero-order valence-electron chi connectivity index (χ0n) is 14.4. The zero-order valence-corrected chi connectivity index (χ0v) is 14.4. The van der Waals surface area contributed by atoms with Crippen molar-refractivity contribution in [2.45, 2.75) is 44.9 Å². The van der Waals surface area contributed by atoms with E-state index in [2.05, 4.69) is 15.1 Å². The third-order valence-corrected chi connectivity index (χ3v) is 3.23. The first-order chi connectivity index (χ1) is 11.9. The van der Waals surface area contributed by atoms with Gasteiger partial charge in [-0.15, -0.1) is 0 Å². The van der Waals surface area contributed by atoms with Crippen LogP contribution in [0.15, 0.2) is 18.5 Å². The average Bonchev–Trinajstić information content (AvgIpc) is 3.05. The number of hydrogen-bond donors (Lipinski definition) is 2. The van der Waals surface area contributed by atoms with Crippen LogP contribution >= 0.6 is 0 Å². The highest BCUT2D eigenvalue weighted by Gasteiger charge is 2.28. The molecule has 9 nitrogen and oxygen atoms in total. The number of aromatic amines is 1. The van der Waals surface area contributed by atoms with Crippen LogP contribution in [-0.4, -0.2) is 52.9 Å². The van der Waals surface area contributed by atoms with Gasteiger partial charge in [-0.25, -0.2) is 4.79 Å². The third kappa shape index (κ3) is 6.70. The summed E-state index contributed by atoms with van der Waals surface area (Å²) in [5.74, 6) is -1.66. The summed E-state index contributed by atoms with van der Waals surface area (Å²) >= 11 is 0. The van der Waals surface area contributed by atoms with E-state index in [1.807, 2.05) is 0 Å². The molecule has 0 saturated carbocycles. The minimum atomic E-state index is -1.03. The molecule has 25 heavy (non-hydrogen) atoms. The maximum absolute atomic E-state index is 12.4. The standard InChI is InChI=1S/C16H22N4O5/c1-10(2)25-16(23)13(5-4-12(21)9-19-17)20-15(22)14(24-3)11-6-7-18-8-11/h6-10,13-14,18H,4-5H2,1-3H3,(H,20,22)/t13-,14-/m0/s1. The van der Waals surface area contributed by atoms with Crippen LogP contribution in [0.4, 0.5) is 0 Å². The highest BCUT2D eigenvalue weighted by atomic mass is 16.5. The Hall–Kier alpha value is -2.77. The maximum atomic E-state index is 12.4. The van der Waals surface area contributed by atoms with Gasteiger partial charge in [0.2, 0.25) is 5.78 Å². The van der Waals surface area contributed by atoms with Gasteiger partial charge in [-0.1, -0.05) is 0 Å². The minimum Gasteiger partial charge on any atom is -0.461 e. The van der Waals surface area contributed by atoms with E-state index in [1.165, 1.54) is 7.11 Å². The lowest BCUT2D eigenvalue weighted by molar-refractivity contribution is -0.152. The molecule has 0 saturated heterocycles. The Balaban J connectivity index is 2.83. The number of nitrogens with one attached hydrogen (secondary N) is 2. The van der Waals surface area contributed by atoms with Gasteiger partial charge in [-0.2, -0.15) is 4.79 Å². The molecule has 0 aliphatic heterocycles. The SMILES string of the molecule is CO[C@H](C(=O)N[C@@H](CCC(=O)C=[N+]=[N-])C(=O)OC(C)C)c1cc[nH]c1. The highest BCUT2D eigenvalue weighted by molar-refractivity contribution is 6.25. The van der Waals surface area contributed by atoms with Gasteiger partial charge in [0, 0.05) is 31.5 Å². The predicted octanol–water partition coefficient (Wildman–Crippen LogP) is 0.788. The Kier molecular flexibility index (Phi) is 8.25. The summed E-state index contributed by atoms with van der Waals surface area (Å²) in [6.07, 6.45) is 2.63. The number of ketones is 1. The van der Waals surface area contributed by atoms with Gasteiger partial charge in [-0.3, -0.25) is 9.59 Å². The molecule has 0 aromatic carbocycles. The Morgan fingerprint density at radius 3 is 2.64 bits per heavy atom. The molecule has 2 atom stereocenters. The number of esters is 1. The van der Waals surface area contributed by atoms with Crippen LogP contribution in [0.2, 0.25) is 0 Å². The molecule has 2 N–H and O–H groups in total. The number of amides is 1. The Labute approximate surface area is 145 Å². The van der Waals surface area contributed by atoms with Crippen LogP contribution in [0.25, 0.3) is 5.53 Å². The van der Waals surface area contributed by atoms with Crippen molar-refractivity contribution in [2.24, 2.45) is 0 Å². The number of rotatable bonds is 10. The van der Waals surface area contributed by atoms with Gasteiger partial charge in [0.05, 0.1) is 6.10 Å². The van der Waals surface area contributed by atoms with E-state index >= 15 is 0 Å². The maximum Gasteiger partial charge on any atom is 0.328 e. The smallest absolute Gasteiger partial charge is 0.328 e. The summed E-state index contributed by atoms with van der Waals surface area (Å²) in [4.78, 5) is 41.5. The zero-order chi connectivity index (χ0) is 18.8. The van der Waals surface area contributed by atoms with E-state index in [0.717, 1.165) is 6.21 Å². The lowest BCUT2D eigenvalue weighted by Crippen LogP contribution is -2.45. The second-order valence-corrected chi connectivity index (χ2v) is 5.56. The van der Waals surface area contributed by atoms with Crippen molar-refractivity contribution < 1.29 is 28.6 Å². The molecular formula is C16H22N4O5. The summed E-state index contributed by atoms with van der Waals surface area (Å²) in [6.45, 7) is 3.36. The van der Waals surface area contributed by atoms with Gasteiger partial charge in [0.25, 0.3) is 5.91 Å². The molecule has 0 aliphatic rings. The number of carbonyl (C=O) groups excluding carboxylic acids is 3. The van der Waals surface area contributed by atoms with Crippen LogP contribution in [0.1, 0.15) is 38.4 Å². The van der Waals surface area contributed by atoms with E-state index in [0.29, 0.717) is 5.56 Å².